The van der Waals surface area contributed by atoms with E-state index in [0.29, 0.717) is 0 Å². The Morgan fingerprint density at radius 1 is 0.266 bits per heavy atom. The molecule has 2 N–H and O–H groups in total. The van der Waals surface area contributed by atoms with Gasteiger partial charge in [-0.05, 0) is 138 Å². The summed E-state index contributed by atoms with van der Waals surface area (Å²) in [4.78, 5) is 2.37. The summed E-state index contributed by atoms with van der Waals surface area (Å²) in [5.74, 6) is 0. The first-order valence-corrected chi connectivity index (χ1v) is 22.0. The van der Waals surface area contributed by atoms with Crippen molar-refractivity contribution in [3.05, 3.63) is 260 Å². The van der Waals surface area contributed by atoms with Crippen molar-refractivity contribution in [1.29, 1.82) is 0 Å². The van der Waals surface area contributed by atoms with Crippen molar-refractivity contribution < 1.29 is 0 Å². The molecule has 2 nitrogen and oxygen atoms in total. The SMILES string of the molecule is CC1(N)c2ccccc2-c2ccc(-c3ccc(N(c4ccc(-c5ccc(-c6ccccc6)cc5)cc4)c4ccc(-c5ccc(-c6ccccc6)cc5)cc4)cc3-c3ccccc3)cc21. The summed E-state index contributed by atoms with van der Waals surface area (Å²) in [6.07, 6.45) is 0. The maximum atomic E-state index is 7.14. The summed E-state index contributed by atoms with van der Waals surface area (Å²) in [5, 5.41) is 0. The summed E-state index contributed by atoms with van der Waals surface area (Å²) in [6, 6.07) is 89.7. The molecule has 0 aromatic heterocycles. The minimum absolute atomic E-state index is 0.586. The average molecular weight is 819 g/mol. The predicted molar refractivity (Wildman–Crippen MR) is 270 cm³/mol. The minimum Gasteiger partial charge on any atom is -0.318 e. The van der Waals surface area contributed by atoms with Crippen LogP contribution in [0.5, 0.6) is 0 Å². The number of nitrogens with zero attached hydrogens (tertiary/aromatic N) is 1. The highest BCUT2D eigenvalue weighted by molar-refractivity contribution is 5.91. The standard InChI is InChI=1S/C62H46N2/c1-62(63)60-20-12-11-19-57(60)58-39-33-52(41-61(58)62)56-40-38-55(42-59(56)51-17-9-4-10-18-51)64(53-34-29-49(30-35-53)47-25-21-45(22-26-47)43-13-5-2-6-14-43)54-36-31-50(32-37-54)48-27-23-46(24-28-48)44-15-7-3-8-16-44/h2-42H,63H2,1H3. The molecule has 0 heterocycles. The lowest BCUT2D eigenvalue weighted by molar-refractivity contribution is 0.621. The molecule has 1 aliphatic rings. The van der Waals surface area contributed by atoms with Crippen LogP contribution in [0.2, 0.25) is 0 Å². The largest absolute Gasteiger partial charge is 0.318 e. The first-order chi connectivity index (χ1) is 31.5. The van der Waals surface area contributed by atoms with Crippen LogP contribution >= 0.6 is 0 Å². The molecule has 2 heteroatoms. The third-order valence-corrected chi connectivity index (χ3v) is 12.9. The van der Waals surface area contributed by atoms with Crippen molar-refractivity contribution >= 4 is 17.1 Å². The number of anilines is 3. The Labute approximate surface area is 376 Å². The Hall–Kier alpha value is -8.04. The van der Waals surface area contributed by atoms with Crippen molar-refractivity contribution in [1.82, 2.24) is 0 Å². The molecule has 1 aliphatic carbocycles. The summed E-state index contributed by atoms with van der Waals surface area (Å²) in [7, 11) is 0. The van der Waals surface area contributed by atoms with E-state index in [9.17, 15) is 0 Å². The Kier molecular flexibility index (Phi) is 9.92. The van der Waals surface area contributed by atoms with Gasteiger partial charge >= 0.3 is 0 Å². The highest BCUT2D eigenvalue weighted by Gasteiger charge is 2.36. The summed E-state index contributed by atoms with van der Waals surface area (Å²) >= 11 is 0. The van der Waals surface area contributed by atoms with Crippen LogP contribution in [-0.4, -0.2) is 0 Å². The topological polar surface area (TPSA) is 29.3 Å². The molecular weight excluding hydrogens is 773 g/mol. The van der Waals surface area contributed by atoms with Gasteiger partial charge in [0.15, 0.2) is 0 Å². The van der Waals surface area contributed by atoms with Crippen molar-refractivity contribution in [2.24, 2.45) is 5.73 Å². The minimum atomic E-state index is -0.586. The van der Waals surface area contributed by atoms with Crippen LogP contribution in [-0.2, 0) is 5.54 Å². The molecule has 1 atom stereocenters. The van der Waals surface area contributed by atoms with Crippen molar-refractivity contribution in [3.63, 3.8) is 0 Å². The Morgan fingerprint density at radius 2 is 0.609 bits per heavy atom. The number of fused-ring (bicyclic) bond motifs is 3. The van der Waals surface area contributed by atoms with Gasteiger partial charge in [-0.25, -0.2) is 0 Å². The van der Waals surface area contributed by atoms with Crippen LogP contribution in [0.4, 0.5) is 17.1 Å². The molecule has 0 radical (unpaired) electrons. The summed E-state index contributed by atoms with van der Waals surface area (Å²) < 4.78 is 0. The van der Waals surface area contributed by atoms with Crippen LogP contribution in [0.15, 0.2) is 249 Å². The fourth-order valence-corrected chi connectivity index (χ4v) is 9.50. The maximum Gasteiger partial charge on any atom is 0.0649 e. The molecule has 0 saturated carbocycles. The molecule has 10 aromatic rings. The molecule has 0 amide bonds. The van der Waals surface area contributed by atoms with Gasteiger partial charge in [-0.15, -0.1) is 0 Å². The van der Waals surface area contributed by atoms with Gasteiger partial charge in [-0.2, -0.15) is 0 Å². The zero-order chi connectivity index (χ0) is 43.0. The van der Waals surface area contributed by atoms with Crippen molar-refractivity contribution in [2.45, 2.75) is 12.5 Å². The van der Waals surface area contributed by atoms with Crippen LogP contribution in [0.25, 0.3) is 77.9 Å². The lowest BCUT2D eigenvalue weighted by Crippen LogP contribution is -2.31. The van der Waals surface area contributed by atoms with Crippen molar-refractivity contribution in [3.8, 4) is 77.9 Å². The molecule has 304 valence electrons. The third kappa shape index (κ3) is 7.20. The van der Waals surface area contributed by atoms with E-state index in [0.717, 1.165) is 44.9 Å². The third-order valence-electron chi connectivity index (χ3n) is 12.9. The second-order valence-electron chi connectivity index (χ2n) is 16.9. The van der Waals surface area contributed by atoms with E-state index in [1.807, 2.05) is 0 Å². The Bertz CT molecular complexity index is 3100. The van der Waals surface area contributed by atoms with Gasteiger partial charge in [0.1, 0.15) is 0 Å². The zero-order valence-corrected chi connectivity index (χ0v) is 35.7. The fourth-order valence-electron chi connectivity index (χ4n) is 9.50. The fraction of sp³-hybridized carbons (Fsp3) is 0.0323. The first kappa shape index (κ1) is 38.9. The van der Waals surface area contributed by atoms with E-state index >= 15 is 0 Å². The second-order valence-corrected chi connectivity index (χ2v) is 16.9. The van der Waals surface area contributed by atoms with Crippen LogP contribution in [0, 0.1) is 0 Å². The van der Waals surface area contributed by atoms with E-state index in [-0.39, 0.29) is 0 Å². The van der Waals surface area contributed by atoms with Gasteiger partial charge in [-0.3, -0.25) is 0 Å². The van der Waals surface area contributed by atoms with E-state index in [4.69, 9.17) is 5.73 Å². The average Bonchev–Trinajstić information content (AvgIpc) is 3.60. The van der Waals surface area contributed by atoms with E-state index < -0.39 is 5.54 Å². The van der Waals surface area contributed by atoms with E-state index in [1.165, 1.54) is 61.2 Å². The summed E-state index contributed by atoms with van der Waals surface area (Å²) in [6.45, 7) is 2.14. The smallest absolute Gasteiger partial charge is 0.0649 e. The van der Waals surface area contributed by atoms with Gasteiger partial charge in [0.05, 0.1) is 5.54 Å². The van der Waals surface area contributed by atoms with Gasteiger partial charge in [-0.1, -0.05) is 206 Å². The zero-order valence-electron chi connectivity index (χ0n) is 35.7. The number of hydrogen-bond donors (Lipinski definition) is 1. The first-order valence-electron chi connectivity index (χ1n) is 22.0. The van der Waals surface area contributed by atoms with E-state index in [2.05, 4.69) is 261 Å². The maximum absolute atomic E-state index is 7.14. The Morgan fingerprint density at radius 3 is 1.09 bits per heavy atom. The van der Waals surface area contributed by atoms with Gasteiger partial charge in [0, 0.05) is 17.1 Å². The number of benzene rings is 10. The highest BCUT2D eigenvalue weighted by Crippen LogP contribution is 2.48. The van der Waals surface area contributed by atoms with E-state index in [1.54, 1.807) is 0 Å². The monoisotopic (exact) mass is 818 g/mol. The quantitative estimate of drug-likeness (QED) is 0.157. The number of nitrogens with two attached hydrogens (primary N) is 1. The molecule has 0 spiro atoms. The molecule has 11 rings (SSSR count). The molecule has 64 heavy (non-hydrogen) atoms. The molecule has 0 fully saturated rings. The van der Waals surface area contributed by atoms with Gasteiger partial charge < -0.3 is 10.6 Å². The molecule has 0 aliphatic heterocycles. The highest BCUT2D eigenvalue weighted by atomic mass is 15.1. The molecular formula is C62H46N2. The number of hydrogen-bond acceptors (Lipinski definition) is 2. The van der Waals surface area contributed by atoms with Crippen LogP contribution in [0.1, 0.15) is 18.1 Å². The Balaban J connectivity index is 0.994. The lowest BCUT2D eigenvalue weighted by atomic mass is 9.87. The molecule has 0 saturated heterocycles. The molecule has 0 bridgehead atoms. The van der Waals surface area contributed by atoms with Gasteiger partial charge in [0.25, 0.3) is 0 Å². The second kappa shape index (κ2) is 16.3. The predicted octanol–water partition coefficient (Wildman–Crippen LogP) is 16.4. The lowest BCUT2D eigenvalue weighted by Gasteiger charge is -2.27. The normalized spacial score (nSPS) is 13.8. The molecule has 10 aromatic carbocycles. The van der Waals surface area contributed by atoms with Crippen LogP contribution < -0.4 is 10.6 Å². The number of rotatable bonds is 9. The molecule has 1 unspecified atom stereocenters. The summed E-state index contributed by atoms with van der Waals surface area (Å²) in [5.41, 5.74) is 28.7. The van der Waals surface area contributed by atoms with Gasteiger partial charge in [0.2, 0.25) is 0 Å². The van der Waals surface area contributed by atoms with Crippen LogP contribution in [0.3, 0.4) is 0 Å². The van der Waals surface area contributed by atoms with Crippen molar-refractivity contribution in [2.75, 3.05) is 4.90 Å².